The molecule has 2 nitrogen and oxygen atoms in total. The molecule has 0 radical (unpaired) electrons. The van der Waals surface area contributed by atoms with E-state index in [1.165, 1.54) is 5.56 Å². The van der Waals surface area contributed by atoms with Gasteiger partial charge in [0.2, 0.25) is 5.91 Å². The quantitative estimate of drug-likeness (QED) is 0.810. The second-order valence-electron chi connectivity index (χ2n) is 3.07. The zero-order chi connectivity index (χ0) is 11.7. The van der Waals surface area contributed by atoms with Gasteiger partial charge in [0, 0.05) is 8.35 Å². The summed E-state index contributed by atoms with van der Waals surface area (Å²) >= 11 is 0. The molecule has 1 amide bonds. The molecule has 1 aromatic carbocycles. The number of carbonyl (C=O) groups is 1. The SMILES string of the molecule is CC.CCC(NC(C)=O)c1ccccc1.[HH]. The maximum absolute atomic E-state index is 10.9. The molecule has 0 saturated heterocycles. The summed E-state index contributed by atoms with van der Waals surface area (Å²) in [5.74, 6) is 0.0238. The molecule has 0 saturated carbocycles. The Morgan fingerprint density at radius 2 is 1.87 bits per heavy atom. The Morgan fingerprint density at radius 3 is 2.27 bits per heavy atom. The van der Waals surface area contributed by atoms with Crippen LogP contribution in [0.3, 0.4) is 0 Å². The van der Waals surface area contributed by atoms with E-state index in [-0.39, 0.29) is 13.4 Å². The number of amides is 1. The molecule has 1 N–H and O–H groups in total. The van der Waals surface area contributed by atoms with Gasteiger partial charge in [0.05, 0.1) is 6.04 Å². The van der Waals surface area contributed by atoms with Crippen LogP contribution in [0, 0.1) is 0 Å². The van der Waals surface area contributed by atoms with E-state index in [9.17, 15) is 4.79 Å². The Hall–Kier alpha value is -1.31. The van der Waals surface area contributed by atoms with E-state index in [0.29, 0.717) is 0 Å². The molecule has 0 heterocycles. The van der Waals surface area contributed by atoms with Gasteiger partial charge in [0.25, 0.3) is 0 Å². The first kappa shape index (κ1) is 13.7. The average Bonchev–Trinajstić information content (AvgIpc) is 2.29. The topological polar surface area (TPSA) is 29.1 Å². The van der Waals surface area contributed by atoms with Crippen molar-refractivity contribution in [1.29, 1.82) is 0 Å². The van der Waals surface area contributed by atoms with Gasteiger partial charge in [-0.25, -0.2) is 0 Å². The second-order valence-corrected chi connectivity index (χ2v) is 3.07. The molecule has 1 aromatic rings. The first-order chi connectivity index (χ1) is 7.24. The van der Waals surface area contributed by atoms with Gasteiger partial charge in [-0.05, 0) is 12.0 Å². The molecule has 0 fully saturated rings. The van der Waals surface area contributed by atoms with Crippen LogP contribution in [0.15, 0.2) is 30.3 Å². The summed E-state index contributed by atoms with van der Waals surface area (Å²) in [6.07, 6.45) is 0.920. The summed E-state index contributed by atoms with van der Waals surface area (Å²) in [6.45, 7) is 7.61. The van der Waals surface area contributed by atoms with Crippen LogP contribution >= 0.6 is 0 Å². The number of carbonyl (C=O) groups excluding carboxylic acids is 1. The summed E-state index contributed by atoms with van der Waals surface area (Å²) in [4.78, 5) is 10.9. The summed E-state index contributed by atoms with van der Waals surface area (Å²) in [5, 5.41) is 2.91. The van der Waals surface area contributed by atoms with Crippen molar-refractivity contribution < 1.29 is 6.22 Å². The van der Waals surface area contributed by atoms with E-state index >= 15 is 0 Å². The van der Waals surface area contributed by atoms with Crippen LogP contribution in [-0.2, 0) is 4.79 Å². The molecular weight excluding hydrogens is 186 g/mol. The molecule has 0 aliphatic rings. The minimum atomic E-state index is 0. The number of hydrogen-bond donors (Lipinski definition) is 1. The lowest BCUT2D eigenvalue weighted by atomic mass is 10.1. The average molecular weight is 209 g/mol. The van der Waals surface area contributed by atoms with Crippen molar-refractivity contribution in [2.45, 2.75) is 40.2 Å². The maximum Gasteiger partial charge on any atom is 0.217 e. The third kappa shape index (κ3) is 5.21. The fourth-order valence-corrected chi connectivity index (χ4v) is 1.35. The second kappa shape index (κ2) is 8.04. The molecule has 0 aliphatic heterocycles. The third-order valence-corrected chi connectivity index (χ3v) is 1.99. The minimum absolute atomic E-state index is 0. The number of benzene rings is 1. The maximum atomic E-state index is 10.9. The lowest BCUT2D eigenvalue weighted by molar-refractivity contribution is -0.119. The van der Waals surface area contributed by atoms with Crippen molar-refractivity contribution in [3.8, 4) is 0 Å². The van der Waals surface area contributed by atoms with E-state index in [0.717, 1.165) is 6.42 Å². The van der Waals surface area contributed by atoms with E-state index < -0.39 is 0 Å². The van der Waals surface area contributed by atoms with Gasteiger partial charge in [-0.1, -0.05) is 51.1 Å². The van der Waals surface area contributed by atoms with Crippen molar-refractivity contribution in [3.63, 3.8) is 0 Å². The van der Waals surface area contributed by atoms with Crippen LogP contribution in [0.1, 0.15) is 47.1 Å². The van der Waals surface area contributed by atoms with Gasteiger partial charge in [-0.3, -0.25) is 4.79 Å². The zero-order valence-electron chi connectivity index (χ0n) is 10.1. The highest BCUT2D eigenvalue weighted by Crippen LogP contribution is 2.15. The Bertz CT molecular complexity index is 275. The number of rotatable bonds is 3. The Morgan fingerprint density at radius 1 is 1.33 bits per heavy atom. The summed E-state index contributed by atoms with van der Waals surface area (Å²) < 4.78 is 0. The Kier molecular flexibility index (Phi) is 7.33. The monoisotopic (exact) mass is 209 g/mol. The van der Waals surface area contributed by atoms with E-state index in [1.54, 1.807) is 6.92 Å². The van der Waals surface area contributed by atoms with Crippen LogP contribution in [0.25, 0.3) is 0 Å². The molecule has 1 rings (SSSR count). The highest BCUT2D eigenvalue weighted by molar-refractivity contribution is 5.73. The Labute approximate surface area is 94.2 Å². The first-order valence-corrected chi connectivity index (χ1v) is 5.56. The normalized spacial score (nSPS) is 10.9. The summed E-state index contributed by atoms with van der Waals surface area (Å²) in [6, 6.07) is 10.2. The van der Waals surface area contributed by atoms with Crippen molar-refractivity contribution in [2.24, 2.45) is 0 Å². The number of nitrogens with one attached hydrogen (secondary N) is 1. The number of hydrogen-bond acceptors (Lipinski definition) is 1. The predicted octanol–water partition coefficient (Wildman–Crippen LogP) is 3.55. The fraction of sp³-hybridized carbons (Fsp3) is 0.462. The zero-order valence-corrected chi connectivity index (χ0v) is 10.1. The van der Waals surface area contributed by atoms with Gasteiger partial charge in [0.1, 0.15) is 0 Å². The molecule has 1 unspecified atom stereocenters. The van der Waals surface area contributed by atoms with E-state index in [1.807, 2.05) is 44.2 Å². The Balaban J connectivity index is 0. The molecular formula is C13H23NO. The molecule has 2 heteroatoms. The molecule has 86 valence electrons. The van der Waals surface area contributed by atoms with E-state index in [4.69, 9.17) is 0 Å². The highest BCUT2D eigenvalue weighted by atomic mass is 16.1. The minimum Gasteiger partial charge on any atom is -0.350 e. The van der Waals surface area contributed by atoms with Crippen LogP contribution in [0.2, 0.25) is 0 Å². The molecule has 15 heavy (non-hydrogen) atoms. The van der Waals surface area contributed by atoms with Gasteiger partial charge in [-0.2, -0.15) is 0 Å². The smallest absolute Gasteiger partial charge is 0.217 e. The van der Waals surface area contributed by atoms with Crippen molar-refractivity contribution >= 4 is 5.91 Å². The molecule has 0 aliphatic carbocycles. The van der Waals surface area contributed by atoms with Gasteiger partial charge >= 0.3 is 0 Å². The van der Waals surface area contributed by atoms with Crippen molar-refractivity contribution in [3.05, 3.63) is 35.9 Å². The van der Waals surface area contributed by atoms with Gasteiger partial charge in [0.15, 0.2) is 0 Å². The van der Waals surface area contributed by atoms with Crippen LogP contribution in [0.4, 0.5) is 0 Å². The predicted molar refractivity (Wildman–Crippen MR) is 66.8 cm³/mol. The fourth-order valence-electron chi connectivity index (χ4n) is 1.35. The van der Waals surface area contributed by atoms with Crippen LogP contribution in [-0.4, -0.2) is 5.91 Å². The highest BCUT2D eigenvalue weighted by Gasteiger charge is 2.08. The third-order valence-electron chi connectivity index (χ3n) is 1.99. The van der Waals surface area contributed by atoms with Crippen LogP contribution < -0.4 is 5.32 Å². The molecule has 0 aromatic heterocycles. The van der Waals surface area contributed by atoms with Gasteiger partial charge in [-0.15, -0.1) is 0 Å². The first-order valence-electron chi connectivity index (χ1n) is 5.56. The summed E-state index contributed by atoms with van der Waals surface area (Å²) in [7, 11) is 0. The van der Waals surface area contributed by atoms with Crippen LogP contribution in [0.5, 0.6) is 0 Å². The standard InChI is InChI=1S/C11H15NO.C2H6.H2/c1-3-11(12-9(2)13)10-7-5-4-6-8-10;1-2;/h4-8,11H,3H2,1-2H3,(H,12,13);1-2H3;1H. The molecule has 0 bridgehead atoms. The lowest BCUT2D eigenvalue weighted by Gasteiger charge is -2.15. The molecule has 1 atom stereocenters. The van der Waals surface area contributed by atoms with E-state index in [2.05, 4.69) is 12.2 Å². The summed E-state index contributed by atoms with van der Waals surface area (Å²) in [5.41, 5.74) is 1.17. The largest absolute Gasteiger partial charge is 0.350 e. The van der Waals surface area contributed by atoms with Gasteiger partial charge < -0.3 is 5.32 Å². The van der Waals surface area contributed by atoms with Crippen molar-refractivity contribution in [1.82, 2.24) is 5.32 Å². The molecule has 0 spiro atoms. The lowest BCUT2D eigenvalue weighted by Crippen LogP contribution is -2.25. The van der Waals surface area contributed by atoms with Crippen molar-refractivity contribution in [2.75, 3.05) is 0 Å².